The van der Waals surface area contributed by atoms with Crippen molar-refractivity contribution >= 4 is 55.7 Å². The van der Waals surface area contributed by atoms with Gasteiger partial charge in [-0.1, -0.05) is 172 Å². The van der Waals surface area contributed by atoms with Crippen LogP contribution in [0.3, 0.4) is 0 Å². The predicted octanol–water partition coefficient (Wildman–Crippen LogP) is 14.9. The first-order valence-electron chi connectivity index (χ1n) is 19.1. The summed E-state index contributed by atoms with van der Waals surface area (Å²) in [5.41, 5.74) is 14.1. The summed E-state index contributed by atoms with van der Waals surface area (Å²) in [4.78, 5) is 4.90. The number of rotatable bonds is 6. The molecule has 0 unspecified atom stereocenters. The molecule has 0 fully saturated rings. The Morgan fingerprint density at radius 3 is 1.82 bits per heavy atom. The van der Waals surface area contributed by atoms with Crippen LogP contribution in [-0.2, 0) is 5.41 Å². The van der Waals surface area contributed by atoms with E-state index in [0.29, 0.717) is 0 Å². The predicted molar refractivity (Wildman–Crippen MR) is 234 cm³/mol. The van der Waals surface area contributed by atoms with Crippen LogP contribution in [0.2, 0.25) is 0 Å². The molecule has 0 spiro atoms. The molecule has 0 radical (unpaired) electrons. The van der Waals surface area contributed by atoms with Gasteiger partial charge in [0.2, 0.25) is 0 Å². The van der Waals surface area contributed by atoms with Gasteiger partial charge in [0.05, 0.1) is 17.1 Å². The fourth-order valence-electron chi connectivity index (χ4n) is 8.65. The van der Waals surface area contributed by atoms with E-state index in [1.54, 1.807) is 0 Å². The minimum absolute atomic E-state index is 0.208. The van der Waals surface area contributed by atoms with E-state index in [9.17, 15) is 0 Å². The highest BCUT2D eigenvalue weighted by molar-refractivity contribution is 6.07. The van der Waals surface area contributed by atoms with Gasteiger partial charge in [0.25, 0.3) is 0 Å². The normalized spacial score (nSPS) is 13.0. The maximum Gasteiger partial charge on any atom is 0.0618 e. The molecule has 1 heterocycles. The lowest BCUT2D eigenvalue weighted by Gasteiger charge is -2.43. The molecule has 0 aromatic heterocycles. The van der Waals surface area contributed by atoms with Crippen molar-refractivity contribution in [2.45, 2.75) is 19.3 Å². The van der Waals surface area contributed by atoms with E-state index in [4.69, 9.17) is 0 Å². The minimum Gasteiger partial charge on any atom is -0.310 e. The molecule has 10 rings (SSSR count). The lowest BCUT2D eigenvalue weighted by atomic mass is 9.73. The number of hydrogen-bond acceptors (Lipinski definition) is 2. The topological polar surface area (TPSA) is 6.48 Å². The van der Waals surface area contributed by atoms with Crippen LogP contribution in [-0.4, -0.2) is 0 Å². The fourth-order valence-corrected chi connectivity index (χ4v) is 8.65. The monoisotopic (exact) mass is 704 g/mol. The molecule has 1 aliphatic rings. The molecule has 0 aliphatic carbocycles. The van der Waals surface area contributed by atoms with Gasteiger partial charge in [-0.05, 0) is 92.5 Å². The van der Waals surface area contributed by atoms with E-state index in [2.05, 4.69) is 230 Å². The number of nitrogens with zero attached hydrogens (tertiary/aromatic N) is 2. The van der Waals surface area contributed by atoms with Crippen LogP contribution in [0.1, 0.15) is 25.0 Å². The molecule has 0 atom stereocenters. The largest absolute Gasteiger partial charge is 0.310 e. The lowest BCUT2D eigenvalue weighted by Crippen LogP contribution is -2.31. The SMILES string of the molecule is CC1(C)c2ccccc2N(c2c(-c3ccccc3)ccc3ccccc23)c2cc(-c3cccc(N(c4ccccc4)c4ccc5ccccc5c4)c3)ccc21. The summed E-state index contributed by atoms with van der Waals surface area (Å²) in [6.07, 6.45) is 0. The third-order valence-corrected chi connectivity index (χ3v) is 11.4. The maximum absolute atomic E-state index is 2.54. The minimum atomic E-state index is -0.208. The van der Waals surface area contributed by atoms with E-state index in [-0.39, 0.29) is 5.41 Å². The van der Waals surface area contributed by atoms with Crippen molar-refractivity contribution in [2.24, 2.45) is 0 Å². The molecular weight excluding hydrogens is 665 g/mol. The van der Waals surface area contributed by atoms with E-state index < -0.39 is 0 Å². The van der Waals surface area contributed by atoms with E-state index in [1.807, 2.05) is 0 Å². The molecule has 1 aliphatic heterocycles. The lowest BCUT2D eigenvalue weighted by molar-refractivity contribution is 0.632. The van der Waals surface area contributed by atoms with Crippen molar-refractivity contribution in [3.8, 4) is 22.3 Å². The molecule has 9 aromatic carbocycles. The summed E-state index contributed by atoms with van der Waals surface area (Å²) < 4.78 is 0. The zero-order valence-electron chi connectivity index (χ0n) is 31.0. The van der Waals surface area contributed by atoms with Crippen molar-refractivity contribution in [1.82, 2.24) is 0 Å². The third-order valence-electron chi connectivity index (χ3n) is 11.4. The van der Waals surface area contributed by atoms with Crippen LogP contribution < -0.4 is 9.80 Å². The summed E-state index contributed by atoms with van der Waals surface area (Å²) >= 11 is 0. The molecule has 2 nitrogen and oxygen atoms in total. The highest BCUT2D eigenvalue weighted by Gasteiger charge is 2.38. The summed E-state index contributed by atoms with van der Waals surface area (Å²) in [5.74, 6) is 0. The Hall–Kier alpha value is -6.90. The van der Waals surface area contributed by atoms with Crippen molar-refractivity contribution in [1.29, 1.82) is 0 Å². The number of fused-ring (bicyclic) bond motifs is 4. The molecule has 0 saturated carbocycles. The molecule has 0 amide bonds. The van der Waals surface area contributed by atoms with Gasteiger partial charge in [-0.15, -0.1) is 0 Å². The Morgan fingerprint density at radius 2 is 0.982 bits per heavy atom. The van der Waals surface area contributed by atoms with Gasteiger partial charge >= 0.3 is 0 Å². The summed E-state index contributed by atoms with van der Waals surface area (Å²) in [6, 6.07) is 75.2. The maximum atomic E-state index is 2.54. The molecule has 9 aromatic rings. The first-order chi connectivity index (χ1) is 27.0. The molecule has 262 valence electrons. The Balaban J connectivity index is 1.18. The summed E-state index contributed by atoms with van der Waals surface area (Å²) in [7, 11) is 0. The van der Waals surface area contributed by atoms with Crippen LogP contribution in [0, 0.1) is 0 Å². The highest BCUT2D eigenvalue weighted by Crippen LogP contribution is 2.55. The quantitative estimate of drug-likeness (QED) is 0.170. The second kappa shape index (κ2) is 13.2. The van der Waals surface area contributed by atoms with Crippen molar-refractivity contribution < 1.29 is 0 Å². The van der Waals surface area contributed by atoms with Crippen LogP contribution in [0.25, 0.3) is 43.8 Å². The number of benzene rings is 9. The van der Waals surface area contributed by atoms with Crippen LogP contribution in [0.5, 0.6) is 0 Å². The number of para-hydroxylation sites is 2. The highest BCUT2D eigenvalue weighted by atomic mass is 15.2. The molecule has 0 N–H and O–H groups in total. The molecule has 2 heteroatoms. The van der Waals surface area contributed by atoms with Gasteiger partial charge in [-0.3, -0.25) is 0 Å². The molecule has 0 saturated heterocycles. The van der Waals surface area contributed by atoms with E-state index >= 15 is 0 Å². The van der Waals surface area contributed by atoms with Crippen molar-refractivity contribution in [2.75, 3.05) is 9.80 Å². The van der Waals surface area contributed by atoms with Gasteiger partial charge in [0.1, 0.15) is 0 Å². The van der Waals surface area contributed by atoms with Gasteiger partial charge in [0, 0.05) is 33.4 Å². The first-order valence-corrected chi connectivity index (χ1v) is 19.1. The Kier molecular flexibility index (Phi) is 7.85. The Morgan fingerprint density at radius 1 is 0.382 bits per heavy atom. The number of anilines is 6. The van der Waals surface area contributed by atoms with Crippen LogP contribution in [0.15, 0.2) is 206 Å². The van der Waals surface area contributed by atoms with Crippen LogP contribution >= 0.6 is 0 Å². The Bertz CT molecular complexity index is 2850. The Labute approximate surface area is 323 Å². The first kappa shape index (κ1) is 32.7. The fraction of sp³-hybridized carbons (Fsp3) is 0.0566. The molecule has 0 bridgehead atoms. The van der Waals surface area contributed by atoms with Crippen molar-refractivity contribution in [3.05, 3.63) is 217 Å². The molecule has 55 heavy (non-hydrogen) atoms. The van der Waals surface area contributed by atoms with Crippen LogP contribution in [0.4, 0.5) is 34.1 Å². The summed E-state index contributed by atoms with van der Waals surface area (Å²) in [6.45, 7) is 4.73. The van der Waals surface area contributed by atoms with E-state index in [0.717, 1.165) is 17.1 Å². The van der Waals surface area contributed by atoms with E-state index in [1.165, 1.54) is 72.0 Å². The number of hydrogen-bond donors (Lipinski definition) is 0. The standard InChI is InChI=1S/C53H40N2/c1-53(2)48-26-13-14-27-50(48)55(52-46-25-12-11-19-39(46)29-32-47(52)38-17-5-3-6-18-38)51-36-42(30-33-49(51)53)41-21-15-24-44(35-41)54(43-22-7-4-8-23-43)45-31-28-37-16-9-10-20-40(37)34-45/h3-36H,1-2H3. The van der Waals surface area contributed by atoms with Crippen molar-refractivity contribution in [3.63, 3.8) is 0 Å². The zero-order chi connectivity index (χ0) is 36.9. The smallest absolute Gasteiger partial charge is 0.0618 e. The van der Waals surface area contributed by atoms with Gasteiger partial charge in [-0.2, -0.15) is 0 Å². The second-order valence-electron chi connectivity index (χ2n) is 15.0. The summed E-state index contributed by atoms with van der Waals surface area (Å²) in [5, 5.41) is 4.90. The van der Waals surface area contributed by atoms with Gasteiger partial charge in [-0.25, -0.2) is 0 Å². The average Bonchev–Trinajstić information content (AvgIpc) is 3.24. The zero-order valence-corrected chi connectivity index (χ0v) is 31.0. The third kappa shape index (κ3) is 5.57. The average molecular weight is 705 g/mol. The van der Waals surface area contributed by atoms with Gasteiger partial charge in [0.15, 0.2) is 0 Å². The second-order valence-corrected chi connectivity index (χ2v) is 15.0. The molecular formula is C53H40N2. The van der Waals surface area contributed by atoms with Gasteiger partial charge < -0.3 is 9.80 Å².